The molecule has 102 valence electrons. The highest BCUT2D eigenvalue weighted by molar-refractivity contribution is 7.92. The molecule has 0 unspecified atom stereocenters. The highest BCUT2D eigenvalue weighted by Crippen LogP contribution is 2.42. The monoisotopic (exact) mass is 270 g/mol. The molecule has 1 aromatic rings. The SMILES string of the molecule is CC.CC1(C)CN(S(C)(=O)=O)c2ccc(N)cc21. The predicted octanol–water partition coefficient (Wildman–Crippen LogP) is 2.35. The van der Waals surface area contributed by atoms with Crippen LogP contribution < -0.4 is 10.0 Å². The number of rotatable bonds is 1. The molecule has 1 aliphatic heterocycles. The first-order valence-electron chi connectivity index (χ1n) is 6.09. The van der Waals surface area contributed by atoms with Crippen LogP contribution in [-0.2, 0) is 15.4 Å². The van der Waals surface area contributed by atoms with Crippen molar-refractivity contribution < 1.29 is 8.42 Å². The second-order valence-corrected chi connectivity index (χ2v) is 6.84. The van der Waals surface area contributed by atoms with Gasteiger partial charge in [0.05, 0.1) is 11.9 Å². The Kier molecular flexibility index (Phi) is 3.96. The van der Waals surface area contributed by atoms with E-state index in [1.807, 2.05) is 33.8 Å². The molecule has 0 saturated heterocycles. The summed E-state index contributed by atoms with van der Waals surface area (Å²) in [4.78, 5) is 0. The van der Waals surface area contributed by atoms with Gasteiger partial charge in [-0.25, -0.2) is 8.42 Å². The number of nitrogens with zero attached hydrogens (tertiary/aromatic N) is 1. The van der Waals surface area contributed by atoms with Crippen molar-refractivity contribution in [2.75, 3.05) is 22.8 Å². The highest BCUT2D eigenvalue weighted by Gasteiger charge is 2.38. The average molecular weight is 270 g/mol. The van der Waals surface area contributed by atoms with Gasteiger partial charge in [-0.3, -0.25) is 4.31 Å². The van der Waals surface area contributed by atoms with Crippen LogP contribution in [0.15, 0.2) is 18.2 Å². The van der Waals surface area contributed by atoms with Gasteiger partial charge < -0.3 is 5.73 Å². The van der Waals surface area contributed by atoms with Crippen LogP contribution in [0.5, 0.6) is 0 Å². The Hall–Kier alpha value is -1.23. The van der Waals surface area contributed by atoms with E-state index >= 15 is 0 Å². The molecule has 0 atom stereocenters. The van der Waals surface area contributed by atoms with Gasteiger partial charge >= 0.3 is 0 Å². The van der Waals surface area contributed by atoms with E-state index in [0.29, 0.717) is 12.2 Å². The minimum absolute atomic E-state index is 0.187. The molecule has 2 N–H and O–H groups in total. The minimum atomic E-state index is -3.21. The fraction of sp³-hybridized carbons (Fsp3) is 0.538. The van der Waals surface area contributed by atoms with E-state index < -0.39 is 10.0 Å². The van der Waals surface area contributed by atoms with Crippen LogP contribution in [-0.4, -0.2) is 21.2 Å². The van der Waals surface area contributed by atoms with Gasteiger partial charge in [0.1, 0.15) is 0 Å². The van der Waals surface area contributed by atoms with Crippen LogP contribution in [0.25, 0.3) is 0 Å². The third kappa shape index (κ3) is 2.61. The van der Waals surface area contributed by atoms with Gasteiger partial charge in [0.2, 0.25) is 10.0 Å². The Balaban J connectivity index is 0.000000771. The van der Waals surface area contributed by atoms with Crippen LogP contribution in [0.2, 0.25) is 0 Å². The molecule has 5 heteroatoms. The fourth-order valence-electron chi connectivity index (χ4n) is 2.14. The number of hydrogen-bond donors (Lipinski definition) is 1. The summed E-state index contributed by atoms with van der Waals surface area (Å²) >= 11 is 0. The minimum Gasteiger partial charge on any atom is -0.399 e. The third-order valence-electron chi connectivity index (χ3n) is 2.96. The van der Waals surface area contributed by atoms with Crippen molar-refractivity contribution in [3.8, 4) is 0 Å². The number of benzene rings is 1. The maximum absolute atomic E-state index is 11.7. The van der Waals surface area contributed by atoms with Crippen LogP contribution in [0, 0.1) is 0 Å². The number of anilines is 2. The summed E-state index contributed by atoms with van der Waals surface area (Å²) in [6.07, 6.45) is 1.23. The molecule has 4 nitrogen and oxygen atoms in total. The molecule has 0 spiro atoms. The van der Waals surface area contributed by atoms with E-state index in [-0.39, 0.29) is 5.41 Å². The summed E-state index contributed by atoms with van der Waals surface area (Å²) in [5, 5.41) is 0. The normalized spacial score (nSPS) is 16.8. The fourth-order valence-corrected chi connectivity index (χ4v) is 3.21. The Morgan fingerprint density at radius 2 is 1.83 bits per heavy atom. The summed E-state index contributed by atoms with van der Waals surface area (Å²) in [5.41, 5.74) is 7.97. The van der Waals surface area contributed by atoms with E-state index in [2.05, 4.69) is 0 Å². The molecule has 0 radical (unpaired) electrons. The lowest BCUT2D eigenvalue weighted by molar-refractivity contribution is 0.557. The Labute approximate surface area is 110 Å². The zero-order valence-electron chi connectivity index (χ0n) is 11.7. The molecule has 1 aliphatic rings. The molecule has 0 fully saturated rings. The molecule has 18 heavy (non-hydrogen) atoms. The van der Waals surface area contributed by atoms with Crippen LogP contribution in [0.4, 0.5) is 11.4 Å². The van der Waals surface area contributed by atoms with Gasteiger partial charge in [-0.05, 0) is 23.8 Å². The molecule has 0 saturated carbocycles. The van der Waals surface area contributed by atoms with Gasteiger partial charge in [0.15, 0.2) is 0 Å². The third-order valence-corrected chi connectivity index (χ3v) is 4.08. The maximum atomic E-state index is 11.7. The standard InChI is InChI=1S/C11H16N2O2S.C2H6/c1-11(2)7-13(16(3,14)15)10-5-4-8(12)6-9(10)11;1-2/h4-6H,7,12H2,1-3H3;1-2H3. The molecule has 0 aromatic heterocycles. The van der Waals surface area contributed by atoms with E-state index in [1.54, 1.807) is 12.1 Å². The lowest BCUT2D eigenvalue weighted by atomic mass is 9.87. The molecular weight excluding hydrogens is 248 g/mol. The van der Waals surface area contributed by atoms with Crippen molar-refractivity contribution in [2.24, 2.45) is 0 Å². The lowest BCUT2D eigenvalue weighted by Gasteiger charge is -2.20. The summed E-state index contributed by atoms with van der Waals surface area (Å²) in [6.45, 7) is 8.53. The van der Waals surface area contributed by atoms with Gasteiger partial charge in [0.25, 0.3) is 0 Å². The van der Waals surface area contributed by atoms with Crippen molar-refractivity contribution in [3.05, 3.63) is 23.8 Å². The Morgan fingerprint density at radius 1 is 1.28 bits per heavy atom. The van der Waals surface area contributed by atoms with Gasteiger partial charge in [0, 0.05) is 17.6 Å². The van der Waals surface area contributed by atoms with Gasteiger partial charge in [-0.15, -0.1) is 0 Å². The van der Waals surface area contributed by atoms with E-state index in [0.717, 1.165) is 11.3 Å². The Morgan fingerprint density at radius 3 is 2.33 bits per heavy atom. The average Bonchev–Trinajstić information content (AvgIpc) is 2.54. The van der Waals surface area contributed by atoms with Crippen molar-refractivity contribution in [1.82, 2.24) is 0 Å². The summed E-state index contributed by atoms with van der Waals surface area (Å²) in [7, 11) is -3.21. The quantitative estimate of drug-likeness (QED) is 0.797. The smallest absolute Gasteiger partial charge is 0.232 e. The lowest BCUT2D eigenvalue weighted by Crippen LogP contribution is -2.32. The number of sulfonamides is 1. The van der Waals surface area contributed by atoms with Gasteiger partial charge in [-0.2, -0.15) is 0 Å². The second-order valence-electron chi connectivity index (χ2n) is 4.93. The second kappa shape index (κ2) is 4.80. The van der Waals surface area contributed by atoms with E-state index in [4.69, 9.17) is 5.73 Å². The molecule has 1 heterocycles. The van der Waals surface area contributed by atoms with Crippen molar-refractivity contribution >= 4 is 21.4 Å². The van der Waals surface area contributed by atoms with Crippen LogP contribution in [0.3, 0.4) is 0 Å². The molecule has 0 aliphatic carbocycles. The van der Waals surface area contributed by atoms with E-state index in [1.165, 1.54) is 10.6 Å². The molecule has 2 rings (SSSR count). The van der Waals surface area contributed by atoms with Crippen molar-refractivity contribution in [3.63, 3.8) is 0 Å². The zero-order valence-corrected chi connectivity index (χ0v) is 12.5. The zero-order chi connectivity index (χ0) is 14.1. The molecule has 0 amide bonds. The first-order chi connectivity index (χ1) is 8.22. The van der Waals surface area contributed by atoms with Crippen molar-refractivity contribution in [2.45, 2.75) is 33.1 Å². The van der Waals surface area contributed by atoms with Crippen LogP contribution in [0.1, 0.15) is 33.3 Å². The highest BCUT2D eigenvalue weighted by atomic mass is 32.2. The topological polar surface area (TPSA) is 63.4 Å². The predicted molar refractivity (Wildman–Crippen MR) is 77.4 cm³/mol. The van der Waals surface area contributed by atoms with Crippen molar-refractivity contribution in [1.29, 1.82) is 0 Å². The molecule has 0 bridgehead atoms. The number of fused-ring (bicyclic) bond motifs is 1. The van der Waals surface area contributed by atoms with Crippen LogP contribution >= 0.6 is 0 Å². The molecular formula is C13H22N2O2S. The summed E-state index contributed by atoms with van der Waals surface area (Å²) in [6, 6.07) is 5.37. The maximum Gasteiger partial charge on any atom is 0.232 e. The van der Waals surface area contributed by atoms with Gasteiger partial charge in [-0.1, -0.05) is 27.7 Å². The number of nitrogen functional groups attached to an aromatic ring is 1. The first-order valence-corrected chi connectivity index (χ1v) is 7.94. The number of nitrogens with two attached hydrogens (primary N) is 1. The molecule has 1 aromatic carbocycles. The Bertz CT molecular complexity index is 536. The summed E-state index contributed by atoms with van der Waals surface area (Å²) in [5.74, 6) is 0. The largest absolute Gasteiger partial charge is 0.399 e. The summed E-state index contributed by atoms with van der Waals surface area (Å²) < 4.78 is 24.8. The first kappa shape index (κ1) is 14.8. The number of hydrogen-bond acceptors (Lipinski definition) is 3. The van der Waals surface area contributed by atoms with E-state index in [9.17, 15) is 8.42 Å².